The predicted molar refractivity (Wildman–Crippen MR) is 383 cm³/mol. The Morgan fingerprint density at radius 3 is 0.894 bits per heavy atom. The van der Waals surface area contributed by atoms with E-state index in [0.717, 1.165) is 79.5 Å². The summed E-state index contributed by atoms with van der Waals surface area (Å²) in [6, 6.07) is 82.7. The van der Waals surface area contributed by atoms with Crippen molar-refractivity contribution in [1.29, 1.82) is 21.0 Å². The van der Waals surface area contributed by atoms with E-state index < -0.39 is 0 Å². The Labute approximate surface area is 558 Å². The second-order valence-electron chi connectivity index (χ2n) is 27.3. The summed E-state index contributed by atoms with van der Waals surface area (Å²) in [6.45, 7) is 32.3. The molecule has 11 nitrogen and oxygen atoms in total. The van der Waals surface area contributed by atoms with Crippen LogP contribution in [0.3, 0.4) is 0 Å². The molecule has 0 radical (unpaired) electrons. The van der Waals surface area contributed by atoms with Crippen LogP contribution in [0.4, 0.5) is 0 Å². The second kappa shape index (κ2) is 33.3. The van der Waals surface area contributed by atoms with E-state index in [-0.39, 0.29) is 27.1 Å². The van der Waals surface area contributed by atoms with Crippen molar-refractivity contribution in [3.8, 4) is 80.4 Å². The molecular weight excluding hydrogens is 1150 g/mol. The van der Waals surface area contributed by atoms with Gasteiger partial charge in [-0.25, -0.2) is 34.9 Å². The minimum absolute atomic E-state index is 0.00914. The highest BCUT2D eigenvalue weighted by atomic mass is 15.1. The summed E-state index contributed by atoms with van der Waals surface area (Å²) < 4.78 is 0. The highest BCUT2D eigenvalue weighted by molar-refractivity contribution is 5.68. The molecule has 0 spiro atoms. The highest BCUT2D eigenvalue weighted by Gasteiger charge is 2.26. The van der Waals surface area contributed by atoms with E-state index in [0.29, 0.717) is 22.3 Å². The monoisotopic (exact) mass is 1240 g/mol. The van der Waals surface area contributed by atoms with Gasteiger partial charge in [-0.05, 0) is 70.3 Å². The van der Waals surface area contributed by atoms with Gasteiger partial charge in [0.1, 0.15) is 29.6 Å². The molecule has 0 N–H and O–H groups in total. The van der Waals surface area contributed by atoms with Crippen molar-refractivity contribution in [2.45, 2.75) is 131 Å². The standard InChI is InChI=1S/C18H24N2.C17H23N3.C14H16N2.C14H8N2.C13H9N.C7H5N/c1-17(2,3)14-12-15(18(4,5)6)20-16(19-14)13-10-8-7-9-11-13;1-16(2,3)14-18-13(12-10-8-7-9-11-12)19-15(20-14)17(4,5)6;1-14(2,3)13-15-9-12(10-16-13)11-7-5-4-6-8-11;15-9-13-7-6-12(8-14(13)10-16)11-4-2-1-3-5-11;14-10-11-6-8-13(9-7-11)12-4-2-1-3-5-12;8-6-7-4-2-1-3-5-7/h7-12H,1-6H3;7-11H,1-6H3;4-10H,1-3H3;1-8H;1-9H;1-5H. The minimum Gasteiger partial charge on any atom is -0.240 e. The van der Waals surface area contributed by atoms with Crippen LogP contribution in [-0.2, 0) is 27.1 Å². The summed E-state index contributed by atoms with van der Waals surface area (Å²) >= 11 is 0. The van der Waals surface area contributed by atoms with Gasteiger partial charge in [-0.2, -0.15) is 21.0 Å². The van der Waals surface area contributed by atoms with Gasteiger partial charge in [0.15, 0.2) is 11.6 Å². The van der Waals surface area contributed by atoms with Crippen LogP contribution in [0.2, 0.25) is 0 Å². The second-order valence-corrected chi connectivity index (χ2v) is 27.3. The zero-order chi connectivity index (χ0) is 68.5. The molecule has 8 aromatic carbocycles. The zero-order valence-electron chi connectivity index (χ0n) is 57.0. The molecule has 0 aliphatic heterocycles. The SMILES string of the molecule is CC(C)(C)c1cc(C(C)(C)C)nc(-c2ccccc2)n1.CC(C)(C)c1nc(-c2ccccc2)nc(C(C)(C)C)n1.CC(C)(C)c1ncc(-c2ccccc2)cn1.N#Cc1ccc(-c2ccccc2)cc1.N#Cc1ccc(-c2ccccc2)cc1C#N.N#Cc1ccccc1. The number of benzene rings is 8. The van der Waals surface area contributed by atoms with E-state index in [4.69, 9.17) is 31.0 Å². The molecule has 3 aromatic heterocycles. The summed E-state index contributed by atoms with van der Waals surface area (Å²) in [4.78, 5) is 32.4. The molecule has 11 aromatic rings. The van der Waals surface area contributed by atoms with Gasteiger partial charge in [-0.3, -0.25) is 0 Å². The Morgan fingerprint density at radius 1 is 0.245 bits per heavy atom. The van der Waals surface area contributed by atoms with Crippen molar-refractivity contribution >= 4 is 0 Å². The maximum Gasteiger partial charge on any atom is 0.163 e. The lowest BCUT2D eigenvalue weighted by atomic mass is 9.86. The Bertz CT molecular complexity index is 4130. The first-order valence-electron chi connectivity index (χ1n) is 31.3. The van der Waals surface area contributed by atoms with Gasteiger partial charge in [0, 0.05) is 56.2 Å². The maximum absolute atomic E-state index is 8.92. The van der Waals surface area contributed by atoms with Crippen LogP contribution in [0.15, 0.2) is 243 Å². The van der Waals surface area contributed by atoms with Gasteiger partial charge in [-0.15, -0.1) is 0 Å². The summed E-state index contributed by atoms with van der Waals surface area (Å²) in [5, 5.41) is 34.7. The van der Waals surface area contributed by atoms with E-state index in [2.05, 4.69) is 177 Å². The third kappa shape index (κ3) is 22.4. The molecule has 0 amide bonds. The van der Waals surface area contributed by atoms with Crippen LogP contribution in [0, 0.1) is 45.3 Å². The lowest BCUT2D eigenvalue weighted by Crippen LogP contribution is -2.24. The molecule has 0 unspecified atom stereocenters. The number of aromatic nitrogens is 7. The molecule has 11 heteroatoms. The van der Waals surface area contributed by atoms with E-state index in [9.17, 15) is 0 Å². The third-order valence-electron chi connectivity index (χ3n) is 14.1. The number of hydrogen-bond acceptors (Lipinski definition) is 11. The van der Waals surface area contributed by atoms with Crippen LogP contribution in [0.1, 0.15) is 155 Å². The van der Waals surface area contributed by atoms with Crippen molar-refractivity contribution in [2.24, 2.45) is 0 Å². The number of rotatable bonds is 5. The van der Waals surface area contributed by atoms with Gasteiger partial charge in [0.2, 0.25) is 0 Å². The molecule has 0 fully saturated rings. The Hall–Kier alpha value is -11.1. The molecule has 472 valence electrons. The molecule has 0 aliphatic carbocycles. The van der Waals surface area contributed by atoms with Crippen LogP contribution in [-0.4, -0.2) is 34.9 Å². The minimum atomic E-state index is -0.0908. The van der Waals surface area contributed by atoms with Crippen molar-refractivity contribution in [2.75, 3.05) is 0 Å². The van der Waals surface area contributed by atoms with E-state index in [1.54, 1.807) is 24.3 Å². The Kier molecular flexibility index (Phi) is 25.5. The van der Waals surface area contributed by atoms with Crippen LogP contribution in [0.25, 0.3) is 56.2 Å². The van der Waals surface area contributed by atoms with Crippen LogP contribution >= 0.6 is 0 Å². The van der Waals surface area contributed by atoms with Crippen LogP contribution < -0.4 is 0 Å². The first-order valence-corrected chi connectivity index (χ1v) is 31.3. The fourth-order valence-electron chi connectivity index (χ4n) is 8.61. The lowest BCUT2D eigenvalue weighted by Gasteiger charge is -2.24. The van der Waals surface area contributed by atoms with E-state index in [1.807, 2.05) is 194 Å². The summed E-state index contributed by atoms with van der Waals surface area (Å²) in [5.74, 6) is 4.15. The van der Waals surface area contributed by atoms with Crippen molar-refractivity contribution < 1.29 is 0 Å². The molecule has 0 bridgehead atoms. The highest BCUT2D eigenvalue weighted by Crippen LogP contribution is 2.31. The van der Waals surface area contributed by atoms with E-state index >= 15 is 0 Å². The van der Waals surface area contributed by atoms with Gasteiger partial charge in [0.05, 0.1) is 45.8 Å². The first-order chi connectivity index (χ1) is 44.6. The zero-order valence-corrected chi connectivity index (χ0v) is 57.0. The number of hydrogen-bond donors (Lipinski definition) is 0. The normalized spacial score (nSPS) is 10.9. The Morgan fingerprint density at radius 2 is 0.553 bits per heavy atom. The third-order valence-corrected chi connectivity index (χ3v) is 14.1. The topological polar surface area (TPSA) is 185 Å². The van der Waals surface area contributed by atoms with E-state index in [1.165, 1.54) is 5.56 Å². The summed E-state index contributed by atoms with van der Waals surface area (Å²) in [5.41, 5.74) is 13.0. The fraction of sp³-hybridized carbons (Fsp3) is 0.241. The van der Waals surface area contributed by atoms with Gasteiger partial charge in [0.25, 0.3) is 0 Å². The van der Waals surface area contributed by atoms with Gasteiger partial charge >= 0.3 is 0 Å². The predicted octanol–water partition coefficient (Wildman–Crippen LogP) is 20.2. The molecule has 11 rings (SSSR count). The molecular formula is C83H85N11. The number of nitrogens with zero attached hydrogens (tertiary/aromatic N) is 11. The molecule has 0 aliphatic rings. The maximum atomic E-state index is 8.92. The average molecular weight is 1240 g/mol. The van der Waals surface area contributed by atoms with Crippen molar-refractivity contribution in [1.82, 2.24) is 34.9 Å². The molecule has 94 heavy (non-hydrogen) atoms. The Balaban J connectivity index is 0.000000182. The van der Waals surface area contributed by atoms with Gasteiger partial charge < -0.3 is 0 Å². The van der Waals surface area contributed by atoms with Crippen molar-refractivity contribution in [3.63, 3.8) is 0 Å². The molecule has 0 atom stereocenters. The molecule has 0 saturated heterocycles. The fourth-order valence-corrected chi connectivity index (χ4v) is 8.61. The van der Waals surface area contributed by atoms with Crippen LogP contribution in [0.5, 0.6) is 0 Å². The number of nitriles is 4. The lowest BCUT2D eigenvalue weighted by molar-refractivity contribution is 0.497. The smallest absolute Gasteiger partial charge is 0.163 e. The van der Waals surface area contributed by atoms with Crippen molar-refractivity contribution in [3.05, 3.63) is 294 Å². The van der Waals surface area contributed by atoms with Gasteiger partial charge in [-0.1, -0.05) is 292 Å². The summed E-state index contributed by atoms with van der Waals surface area (Å²) in [7, 11) is 0. The largest absolute Gasteiger partial charge is 0.240 e. The summed E-state index contributed by atoms with van der Waals surface area (Å²) in [6.07, 6.45) is 3.78. The quantitative estimate of drug-likeness (QED) is 0.160. The molecule has 0 saturated carbocycles. The average Bonchev–Trinajstić information content (AvgIpc) is 0.813. The first kappa shape index (κ1) is 72.0. The molecule has 3 heterocycles.